The maximum Gasteiger partial charge on any atom is 0.335 e. The summed E-state index contributed by atoms with van der Waals surface area (Å²) in [4.78, 5) is 11.4. The Morgan fingerprint density at radius 1 is 1.07 bits per heavy atom. The molecule has 4 aliphatic rings. The monoisotopic (exact) mass is 368 g/mol. The summed E-state index contributed by atoms with van der Waals surface area (Å²) in [7, 11) is 0. The Hall–Kier alpha value is -1.35. The summed E-state index contributed by atoms with van der Waals surface area (Å²) < 4.78 is 5.18. The fourth-order valence-electron chi connectivity index (χ4n) is 7.76. The fraction of sp³-hybridized carbons (Fsp3) is 0.708. The number of allylic oxidation sites excluding steroid dienone is 2. The zero-order valence-corrected chi connectivity index (χ0v) is 16.6. The van der Waals surface area contributed by atoms with E-state index in [1.165, 1.54) is 37.7 Å². The molecule has 4 aliphatic carbocycles. The molecule has 7 atom stereocenters. The minimum atomic E-state index is -0.270. The molecule has 3 nitrogen and oxygen atoms in total. The lowest BCUT2D eigenvalue weighted by Gasteiger charge is -2.60. The second-order valence-electron chi connectivity index (χ2n) is 10.2. The van der Waals surface area contributed by atoms with Crippen molar-refractivity contribution in [2.45, 2.75) is 71.3 Å². The minimum absolute atomic E-state index is 0.0685. The molecule has 0 amide bonds. The van der Waals surface area contributed by atoms with Gasteiger partial charge in [-0.25, -0.2) is 4.79 Å². The Labute approximate surface area is 161 Å². The Morgan fingerprint density at radius 3 is 2.70 bits per heavy atom. The van der Waals surface area contributed by atoms with Crippen molar-refractivity contribution in [3.8, 4) is 0 Å². The van der Waals surface area contributed by atoms with Crippen molar-refractivity contribution < 1.29 is 9.52 Å². The summed E-state index contributed by atoms with van der Waals surface area (Å²) in [5.41, 5.74) is 2.86. The first-order chi connectivity index (χ1) is 12.9. The van der Waals surface area contributed by atoms with E-state index in [9.17, 15) is 9.90 Å². The van der Waals surface area contributed by atoms with Crippen molar-refractivity contribution >= 4 is 5.57 Å². The van der Waals surface area contributed by atoms with Crippen LogP contribution in [0.15, 0.2) is 33.7 Å². The summed E-state index contributed by atoms with van der Waals surface area (Å²) in [6.07, 6.45) is 13.5. The SMILES string of the molecule is C[C@]12CC[C@H](O)C[C@H]1CC[C@H]1C3CC=C(c4ccc(=O)oc4)[C@@]3(C)CC[C@@H]12. The molecule has 0 saturated heterocycles. The van der Waals surface area contributed by atoms with E-state index < -0.39 is 0 Å². The number of hydrogen-bond donors (Lipinski definition) is 1. The van der Waals surface area contributed by atoms with Gasteiger partial charge in [-0.15, -0.1) is 0 Å². The van der Waals surface area contributed by atoms with Gasteiger partial charge in [-0.2, -0.15) is 0 Å². The number of aliphatic hydroxyl groups excluding tert-OH is 1. The molecule has 3 heteroatoms. The lowest BCUT2D eigenvalue weighted by Crippen LogP contribution is -2.53. The molecule has 0 aliphatic heterocycles. The van der Waals surface area contributed by atoms with E-state index in [-0.39, 0.29) is 17.1 Å². The highest BCUT2D eigenvalue weighted by atomic mass is 16.4. The molecular weight excluding hydrogens is 336 g/mol. The Kier molecular flexibility index (Phi) is 3.99. The molecule has 0 aromatic carbocycles. The number of fused-ring (bicyclic) bond motifs is 5. The molecule has 5 rings (SSSR count). The molecule has 0 radical (unpaired) electrons. The predicted molar refractivity (Wildman–Crippen MR) is 106 cm³/mol. The molecule has 3 saturated carbocycles. The van der Waals surface area contributed by atoms with Gasteiger partial charge in [0.15, 0.2) is 0 Å². The van der Waals surface area contributed by atoms with Gasteiger partial charge >= 0.3 is 5.63 Å². The van der Waals surface area contributed by atoms with Gasteiger partial charge in [-0.1, -0.05) is 19.9 Å². The lowest BCUT2D eigenvalue weighted by molar-refractivity contribution is -0.115. The standard InChI is InChI=1S/C24H32O3/c1-23-11-9-17(25)13-16(23)4-5-18-20-7-6-19(15-3-8-22(26)27-14-15)24(20,2)12-10-21(18)23/h3,6,8,14,16-18,20-21,25H,4-5,7,9-13H2,1-2H3/t16-,17+,18+,20?,21+,23+,24-/m1/s1. The number of aliphatic hydroxyl groups is 1. The highest BCUT2D eigenvalue weighted by Gasteiger charge is 2.58. The van der Waals surface area contributed by atoms with Crippen molar-refractivity contribution in [1.82, 2.24) is 0 Å². The van der Waals surface area contributed by atoms with Gasteiger partial charge in [0.05, 0.1) is 6.10 Å². The highest BCUT2D eigenvalue weighted by molar-refractivity contribution is 5.72. The molecule has 1 heterocycles. The van der Waals surface area contributed by atoms with Gasteiger partial charge in [0.1, 0.15) is 6.26 Å². The zero-order chi connectivity index (χ0) is 18.8. The van der Waals surface area contributed by atoms with Gasteiger partial charge in [0.2, 0.25) is 0 Å². The van der Waals surface area contributed by atoms with Crippen LogP contribution in [-0.4, -0.2) is 11.2 Å². The van der Waals surface area contributed by atoms with E-state index >= 15 is 0 Å². The van der Waals surface area contributed by atoms with Crippen molar-refractivity contribution in [1.29, 1.82) is 0 Å². The summed E-state index contributed by atoms with van der Waals surface area (Å²) in [6, 6.07) is 3.50. The molecule has 1 unspecified atom stereocenters. The maximum atomic E-state index is 11.4. The molecule has 3 fully saturated rings. The normalized spacial score (nSPS) is 46.2. The van der Waals surface area contributed by atoms with Crippen molar-refractivity contribution in [2.24, 2.45) is 34.5 Å². The van der Waals surface area contributed by atoms with E-state index in [1.54, 1.807) is 12.3 Å². The number of hydrogen-bond acceptors (Lipinski definition) is 3. The second-order valence-corrected chi connectivity index (χ2v) is 10.2. The van der Waals surface area contributed by atoms with E-state index in [0.29, 0.717) is 17.3 Å². The maximum absolute atomic E-state index is 11.4. The molecular formula is C24H32O3. The van der Waals surface area contributed by atoms with E-state index in [0.717, 1.165) is 36.7 Å². The van der Waals surface area contributed by atoms with E-state index in [1.807, 2.05) is 6.07 Å². The van der Waals surface area contributed by atoms with Crippen LogP contribution in [-0.2, 0) is 0 Å². The van der Waals surface area contributed by atoms with Gasteiger partial charge in [-0.05, 0) is 97.5 Å². The van der Waals surface area contributed by atoms with Crippen LogP contribution in [0.25, 0.3) is 5.57 Å². The van der Waals surface area contributed by atoms with E-state index in [4.69, 9.17) is 4.42 Å². The van der Waals surface area contributed by atoms with Crippen LogP contribution in [0, 0.1) is 34.5 Å². The molecule has 27 heavy (non-hydrogen) atoms. The second kappa shape index (κ2) is 6.07. The van der Waals surface area contributed by atoms with Crippen molar-refractivity contribution in [2.75, 3.05) is 0 Å². The fourth-order valence-corrected chi connectivity index (χ4v) is 7.76. The molecule has 1 aromatic rings. The largest absolute Gasteiger partial charge is 0.431 e. The summed E-state index contributed by atoms with van der Waals surface area (Å²) in [5, 5.41) is 10.2. The highest BCUT2D eigenvalue weighted by Crippen LogP contribution is 2.67. The van der Waals surface area contributed by atoms with Gasteiger partial charge in [0.25, 0.3) is 0 Å². The Balaban J connectivity index is 1.44. The third-order valence-corrected chi connectivity index (χ3v) is 9.23. The average molecular weight is 369 g/mol. The molecule has 146 valence electrons. The lowest BCUT2D eigenvalue weighted by atomic mass is 9.44. The van der Waals surface area contributed by atoms with Crippen LogP contribution in [0.3, 0.4) is 0 Å². The first-order valence-corrected chi connectivity index (χ1v) is 10.9. The van der Waals surface area contributed by atoms with Crippen LogP contribution in [0.5, 0.6) is 0 Å². The average Bonchev–Trinajstić information content (AvgIpc) is 3.00. The summed E-state index contributed by atoms with van der Waals surface area (Å²) in [5.74, 6) is 3.03. The van der Waals surface area contributed by atoms with Gasteiger partial charge in [-0.3, -0.25) is 0 Å². The number of rotatable bonds is 1. The molecule has 1 N–H and O–H groups in total. The van der Waals surface area contributed by atoms with Crippen LogP contribution in [0.2, 0.25) is 0 Å². The quantitative estimate of drug-likeness (QED) is 0.756. The van der Waals surface area contributed by atoms with Crippen LogP contribution in [0.1, 0.15) is 70.8 Å². The summed E-state index contributed by atoms with van der Waals surface area (Å²) in [6.45, 7) is 5.00. The minimum Gasteiger partial charge on any atom is -0.431 e. The smallest absolute Gasteiger partial charge is 0.335 e. The van der Waals surface area contributed by atoms with Gasteiger partial charge in [0, 0.05) is 11.6 Å². The topological polar surface area (TPSA) is 50.4 Å². The van der Waals surface area contributed by atoms with Crippen LogP contribution >= 0.6 is 0 Å². The third kappa shape index (κ3) is 2.53. The van der Waals surface area contributed by atoms with E-state index in [2.05, 4.69) is 19.9 Å². The molecule has 0 bridgehead atoms. The first-order valence-electron chi connectivity index (χ1n) is 10.9. The molecule has 0 spiro atoms. The van der Waals surface area contributed by atoms with Crippen molar-refractivity contribution in [3.05, 3.63) is 40.5 Å². The van der Waals surface area contributed by atoms with Gasteiger partial charge < -0.3 is 9.52 Å². The van der Waals surface area contributed by atoms with Crippen LogP contribution < -0.4 is 5.63 Å². The Bertz CT molecular complexity index is 803. The third-order valence-electron chi connectivity index (χ3n) is 9.23. The zero-order valence-electron chi connectivity index (χ0n) is 16.6. The molecule has 1 aromatic heterocycles. The predicted octanol–water partition coefficient (Wildman–Crippen LogP) is 5.04. The summed E-state index contributed by atoms with van der Waals surface area (Å²) >= 11 is 0. The van der Waals surface area contributed by atoms with Crippen molar-refractivity contribution in [3.63, 3.8) is 0 Å². The first kappa shape index (κ1) is 17.7. The Morgan fingerprint density at radius 2 is 1.93 bits per heavy atom. The van der Waals surface area contributed by atoms with Crippen LogP contribution in [0.4, 0.5) is 0 Å².